The number of hydrogen-bond acceptors (Lipinski definition) is 12. The summed E-state index contributed by atoms with van der Waals surface area (Å²) < 4.78 is 9.36. The Morgan fingerprint density at radius 3 is 1.21 bits per heavy atom. The van der Waals surface area contributed by atoms with Gasteiger partial charge >= 0.3 is 31.4 Å². The molecule has 17 heteroatoms. The summed E-state index contributed by atoms with van der Waals surface area (Å²) in [4.78, 5) is 58.3. The molecule has 0 bridgehead atoms. The minimum atomic E-state index is -1.04. The third kappa shape index (κ3) is 13.7. The number of carboxylic acid groups (broad SMARTS) is 2. The second kappa shape index (κ2) is 21.5. The second-order valence-corrected chi connectivity index (χ2v) is 7.20. The van der Waals surface area contributed by atoms with Crippen LogP contribution in [0.25, 0.3) is 33.6 Å². The summed E-state index contributed by atoms with van der Waals surface area (Å²) >= 11 is 7.40. The van der Waals surface area contributed by atoms with E-state index in [-0.39, 0.29) is 30.6 Å². The molecule has 43 heavy (non-hydrogen) atoms. The molecule has 4 heterocycles. The van der Waals surface area contributed by atoms with Crippen molar-refractivity contribution in [3.05, 3.63) is 95.3 Å². The number of aromatic carboxylic acids is 2. The van der Waals surface area contributed by atoms with Crippen molar-refractivity contribution in [3.63, 3.8) is 0 Å². The maximum atomic E-state index is 10.8. The number of ether oxygens (including phenoxy) is 2. The van der Waals surface area contributed by atoms with E-state index in [2.05, 4.69) is 53.8 Å². The van der Waals surface area contributed by atoms with Gasteiger partial charge in [-0.15, -0.1) is 0 Å². The van der Waals surface area contributed by atoms with Crippen molar-refractivity contribution in [1.82, 2.24) is 19.9 Å². The molecule has 2 N–H and O–H groups in total. The third-order valence-corrected chi connectivity index (χ3v) is 4.37. The number of aromatic nitrogens is 4. The van der Waals surface area contributed by atoms with Crippen molar-refractivity contribution in [2.24, 2.45) is 0 Å². The average molecular weight is 706 g/mol. The maximum absolute atomic E-state index is 10.8. The fourth-order valence-corrected chi connectivity index (χ4v) is 2.77. The van der Waals surface area contributed by atoms with Crippen LogP contribution >= 0.6 is 24.4 Å². The Balaban J connectivity index is 0.000000680. The van der Waals surface area contributed by atoms with Crippen molar-refractivity contribution in [3.8, 4) is 34.3 Å². The van der Waals surface area contributed by atoms with Gasteiger partial charge in [0, 0.05) is 36.9 Å². The SMILES string of the molecule is O=COc1ccnc(-c2cc(C(=O)O)ccn2)c1.O=COc1ccnc(-c2cc(C(=O)O)ccn2)c1.[N-]=C=S.[N-]=C=S.[Ru+2]. The molecule has 0 radical (unpaired) electrons. The van der Waals surface area contributed by atoms with Crippen LogP contribution < -0.4 is 9.47 Å². The quantitative estimate of drug-likeness (QED) is 0.114. The van der Waals surface area contributed by atoms with Crippen molar-refractivity contribution in [2.75, 3.05) is 0 Å². The van der Waals surface area contributed by atoms with Gasteiger partial charge < -0.3 is 30.5 Å². The first-order valence-electron chi connectivity index (χ1n) is 10.8. The molecule has 4 aromatic rings. The predicted octanol–water partition coefficient (Wildman–Crippen LogP) is 4.07. The van der Waals surface area contributed by atoms with Gasteiger partial charge in [-0.25, -0.2) is 9.59 Å². The number of thiocarbonyl (C=S) groups is 2. The number of carbonyl (C=O) groups is 4. The summed E-state index contributed by atoms with van der Waals surface area (Å²) in [6, 6.07) is 11.6. The fourth-order valence-electron chi connectivity index (χ4n) is 2.77. The Kier molecular flexibility index (Phi) is 18.8. The van der Waals surface area contributed by atoms with Crippen LogP contribution in [-0.4, -0.2) is 65.4 Å². The molecule has 0 aliphatic rings. The molecule has 0 fully saturated rings. The van der Waals surface area contributed by atoms with Crippen LogP contribution in [0, 0.1) is 0 Å². The minimum absolute atomic E-state index is 0. The van der Waals surface area contributed by atoms with Gasteiger partial charge in [0.1, 0.15) is 11.5 Å². The monoisotopic (exact) mass is 706 g/mol. The summed E-state index contributed by atoms with van der Waals surface area (Å²) in [5, 5.41) is 34.7. The molecule has 0 aliphatic carbocycles. The summed E-state index contributed by atoms with van der Waals surface area (Å²) in [5.74, 6) is -1.45. The van der Waals surface area contributed by atoms with Crippen LogP contribution in [0.5, 0.6) is 11.5 Å². The number of pyridine rings is 4. The first kappa shape index (κ1) is 37.7. The number of isothiocyanates is 2. The van der Waals surface area contributed by atoms with Crippen LogP contribution in [0.15, 0.2) is 73.3 Å². The molecule has 218 valence electrons. The molecule has 4 rings (SSSR count). The number of carbonyl (C=O) groups excluding carboxylic acids is 2. The molecule has 0 spiro atoms. The van der Waals surface area contributed by atoms with Gasteiger partial charge in [0.15, 0.2) is 0 Å². The molecule has 0 aromatic carbocycles. The van der Waals surface area contributed by atoms with E-state index in [4.69, 9.17) is 21.0 Å². The largest absolute Gasteiger partial charge is 2.00 e. The van der Waals surface area contributed by atoms with Gasteiger partial charge in [-0.05, 0) is 36.4 Å². The molecule has 0 aliphatic heterocycles. The smallest absolute Gasteiger partial charge is 0.753 e. The van der Waals surface area contributed by atoms with E-state index in [1.165, 1.54) is 83.6 Å². The Labute approximate surface area is 266 Å². The van der Waals surface area contributed by atoms with Crippen LogP contribution in [0.2, 0.25) is 0 Å². The zero-order valence-corrected chi connectivity index (χ0v) is 24.7. The Morgan fingerprint density at radius 2 is 0.930 bits per heavy atom. The van der Waals surface area contributed by atoms with Crippen molar-refractivity contribution < 1.29 is 58.3 Å². The van der Waals surface area contributed by atoms with Gasteiger partial charge in [-0.3, -0.25) is 29.5 Å². The number of nitrogens with zero attached hydrogens (tertiary/aromatic N) is 6. The van der Waals surface area contributed by atoms with Gasteiger partial charge in [0.2, 0.25) is 0 Å². The fraction of sp³-hybridized carbons (Fsp3) is 0. The molecule has 4 aromatic heterocycles. The molecular formula is C26H16N6O8RuS2. The van der Waals surface area contributed by atoms with Crippen LogP contribution in [-0.2, 0) is 29.1 Å². The van der Waals surface area contributed by atoms with E-state index in [0.717, 1.165) is 0 Å². The topological polar surface area (TPSA) is 223 Å². The summed E-state index contributed by atoms with van der Waals surface area (Å²) in [6.45, 7) is 0.612. The molecule has 0 unspecified atom stereocenters. The predicted molar refractivity (Wildman–Crippen MR) is 154 cm³/mol. The van der Waals surface area contributed by atoms with Gasteiger partial charge in [0.25, 0.3) is 12.9 Å². The molecule has 0 saturated heterocycles. The second-order valence-electron chi connectivity index (χ2n) is 6.83. The zero-order chi connectivity index (χ0) is 31.3. The van der Waals surface area contributed by atoms with Gasteiger partial charge in [-0.2, -0.15) is 10.3 Å². The summed E-state index contributed by atoms with van der Waals surface area (Å²) in [7, 11) is 0. The summed E-state index contributed by atoms with van der Waals surface area (Å²) in [6.07, 6.45) is 5.66. The first-order valence-corrected chi connectivity index (χ1v) is 11.6. The maximum Gasteiger partial charge on any atom is 2.00 e. The Morgan fingerprint density at radius 1 is 0.651 bits per heavy atom. The van der Waals surface area contributed by atoms with E-state index in [1.807, 2.05) is 0 Å². The van der Waals surface area contributed by atoms with Crippen molar-refractivity contribution >= 4 is 59.6 Å². The molecule has 14 nitrogen and oxygen atoms in total. The molecule has 0 saturated carbocycles. The molecule has 0 amide bonds. The molecule has 0 atom stereocenters. The van der Waals surface area contributed by atoms with Crippen molar-refractivity contribution in [1.29, 1.82) is 0 Å². The Bertz CT molecular complexity index is 1500. The van der Waals surface area contributed by atoms with E-state index in [9.17, 15) is 19.2 Å². The Hall–Kier alpha value is -5.30. The number of carboxylic acids is 2. The van der Waals surface area contributed by atoms with E-state index in [1.54, 1.807) is 0 Å². The molecular weight excluding hydrogens is 690 g/mol. The zero-order valence-electron chi connectivity index (χ0n) is 21.3. The van der Waals surface area contributed by atoms with Gasteiger partial charge in [-0.1, -0.05) is 24.4 Å². The van der Waals surface area contributed by atoms with E-state index < -0.39 is 11.9 Å². The van der Waals surface area contributed by atoms with Gasteiger partial charge in [0.05, 0.1) is 33.9 Å². The van der Waals surface area contributed by atoms with E-state index >= 15 is 0 Å². The van der Waals surface area contributed by atoms with Crippen LogP contribution in [0.4, 0.5) is 0 Å². The summed E-state index contributed by atoms with van der Waals surface area (Å²) in [5.41, 5.74) is 1.87. The van der Waals surface area contributed by atoms with E-state index in [0.29, 0.717) is 47.2 Å². The standard InChI is InChI=1S/2C12H8N2O4.2CNS.Ru/c2*15-7-18-9-2-4-14-11(6-9)10-5-8(12(16)17)1-3-13-10;2*2-1-3;/h2*1-7H,(H,16,17);;;/q;;2*-1;+2. The van der Waals surface area contributed by atoms with Crippen LogP contribution in [0.1, 0.15) is 20.7 Å². The minimum Gasteiger partial charge on any atom is -0.753 e. The number of rotatable bonds is 8. The van der Waals surface area contributed by atoms with Crippen molar-refractivity contribution in [2.45, 2.75) is 0 Å². The first-order chi connectivity index (χ1) is 20.2. The number of hydrogen-bond donors (Lipinski definition) is 2. The third-order valence-electron chi connectivity index (χ3n) is 4.37. The average Bonchev–Trinajstić information content (AvgIpc) is 2.99. The normalized spacial score (nSPS) is 8.56. The van der Waals surface area contributed by atoms with Crippen LogP contribution in [0.3, 0.4) is 0 Å².